The molecule has 0 N–H and O–H groups in total. The molecule has 0 radical (unpaired) electrons. The van der Waals surface area contributed by atoms with Gasteiger partial charge in [0.2, 0.25) is 0 Å². The lowest BCUT2D eigenvalue weighted by Gasteiger charge is -2.02. The van der Waals surface area contributed by atoms with E-state index in [-0.39, 0.29) is 0 Å². The Balaban J connectivity index is 2.78. The lowest BCUT2D eigenvalue weighted by molar-refractivity contribution is 0.112. The van der Waals surface area contributed by atoms with Crippen molar-refractivity contribution in [2.45, 2.75) is 18.2 Å². The van der Waals surface area contributed by atoms with Crippen LogP contribution in [0.5, 0.6) is 0 Å². The van der Waals surface area contributed by atoms with Crippen LogP contribution >= 0.6 is 24.0 Å². The lowest BCUT2D eigenvalue weighted by atomic mass is 10.1. The van der Waals surface area contributed by atoms with Gasteiger partial charge in [0.1, 0.15) is 0 Å². The molecular formula is C11H10OS2. The molecule has 1 nitrogen and oxygen atoms in total. The van der Waals surface area contributed by atoms with E-state index < -0.39 is 0 Å². The summed E-state index contributed by atoms with van der Waals surface area (Å²) in [5, 5.41) is 2.91. The monoisotopic (exact) mass is 222 g/mol. The molecule has 0 spiro atoms. The standard InChI is InChI=1S/C11H10OS2/c1-2-7-3-4-9-8(5-12)6-14-11(9)10(7)13/h3-6,13H,2H2,1H3. The number of hydrogen-bond acceptors (Lipinski definition) is 3. The zero-order valence-corrected chi connectivity index (χ0v) is 9.49. The highest BCUT2D eigenvalue weighted by atomic mass is 32.1. The summed E-state index contributed by atoms with van der Waals surface area (Å²) in [5.74, 6) is 0. The van der Waals surface area contributed by atoms with Crippen molar-refractivity contribution in [3.63, 3.8) is 0 Å². The van der Waals surface area contributed by atoms with Crippen molar-refractivity contribution >= 4 is 40.3 Å². The van der Waals surface area contributed by atoms with Crippen LogP contribution in [0.2, 0.25) is 0 Å². The van der Waals surface area contributed by atoms with Crippen molar-refractivity contribution in [1.82, 2.24) is 0 Å². The van der Waals surface area contributed by atoms with Gasteiger partial charge in [0.25, 0.3) is 0 Å². The third-order valence-corrected chi connectivity index (χ3v) is 4.03. The highest BCUT2D eigenvalue weighted by Crippen LogP contribution is 2.32. The Hall–Kier alpha value is -0.800. The fraction of sp³-hybridized carbons (Fsp3) is 0.182. The first-order valence-electron chi connectivity index (χ1n) is 4.45. The Morgan fingerprint density at radius 3 is 2.93 bits per heavy atom. The third kappa shape index (κ3) is 1.37. The molecule has 0 aliphatic heterocycles. The molecule has 1 aromatic carbocycles. The van der Waals surface area contributed by atoms with E-state index >= 15 is 0 Å². The first-order chi connectivity index (χ1) is 6.77. The minimum absolute atomic E-state index is 0.767. The smallest absolute Gasteiger partial charge is 0.151 e. The minimum atomic E-state index is 0.767. The van der Waals surface area contributed by atoms with E-state index in [2.05, 4.69) is 19.6 Å². The summed E-state index contributed by atoms with van der Waals surface area (Å²) >= 11 is 6.08. The van der Waals surface area contributed by atoms with Gasteiger partial charge in [0.15, 0.2) is 6.29 Å². The molecule has 72 valence electrons. The number of fused-ring (bicyclic) bond motifs is 1. The number of thiophene rings is 1. The number of carbonyl (C=O) groups excluding carboxylic acids is 1. The van der Waals surface area contributed by atoms with Crippen molar-refractivity contribution in [2.75, 3.05) is 0 Å². The number of hydrogen-bond donors (Lipinski definition) is 1. The molecule has 0 aliphatic carbocycles. The van der Waals surface area contributed by atoms with Crippen LogP contribution in [-0.4, -0.2) is 6.29 Å². The van der Waals surface area contributed by atoms with Crippen molar-refractivity contribution in [2.24, 2.45) is 0 Å². The second-order valence-electron chi connectivity index (χ2n) is 3.11. The van der Waals surface area contributed by atoms with Crippen LogP contribution in [0.25, 0.3) is 10.1 Å². The maximum absolute atomic E-state index is 10.7. The Bertz CT molecular complexity index is 485. The maximum atomic E-state index is 10.7. The SMILES string of the molecule is CCc1ccc2c(C=O)csc2c1S. The molecule has 2 aromatic rings. The summed E-state index contributed by atoms with van der Waals surface area (Å²) in [5.41, 5.74) is 2.00. The maximum Gasteiger partial charge on any atom is 0.151 e. The lowest BCUT2D eigenvalue weighted by Crippen LogP contribution is -1.83. The molecular weight excluding hydrogens is 212 g/mol. The summed E-state index contributed by atoms with van der Waals surface area (Å²) in [6.07, 6.45) is 1.88. The van der Waals surface area contributed by atoms with Crippen LogP contribution in [0, 0.1) is 0 Å². The van der Waals surface area contributed by atoms with Crippen molar-refractivity contribution in [3.05, 3.63) is 28.6 Å². The number of carbonyl (C=O) groups is 1. The fourth-order valence-electron chi connectivity index (χ4n) is 1.52. The molecule has 3 heteroatoms. The highest BCUT2D eigenvalue weighted by molar-refractivity contribution is 7.80. The summed E-state index contributed by atoms with van der Waals surface area (Å²) in [4.78, 5) is 11.7. The molecule has 0 saturated carbocycles. The largest absolute Gasteiger partial charge is 0.298 e. The Kier molecular flexibility index (Phi) is 2.61. The zero-order chi connectivity index (χ0) is 10.1. The van der Waals surface area contributed by atoms with Crippen LogP contribution in [0.4, 0.5) is 0 Å². The summed E-state index contributed by atoms with van der Waals surface area (Å²) in [6.45, 7) is 2.11. The van der Waals surface area contributed by atoms with Crippen molar-refractivity contribution in [3.8, 4) is 0 Å². The van der Waals surface area contributed by atoms with E-state index in [1.165, 1.54) is 5.56 Å². The van der Waals surface area contributed by atoms with Gasteiger partial charge in [-0.2, -0.15) is 0 Å². The van der Waals surface area contributed by atoms with Gasteiger partial charge in [-0.3, -0.25) is 4.79 Å². The van der Waals surface area contributed by atoms with Gasteiger partial charge in [0.05, 0.1) is 0 Å². The van der Waals surface area contributed by atoms with E-state index in [1.807, 2.05) is 17.5 Å². The summed E-state index contributed by atoms with van der Waals surface area (Å²) in [6, 6.07) is 4.05. The fourth-order valence-corrected chi connectivity index (χ4v) is 3.02. The molecule has 0 amide bonds. The van der Waals surface area contributed by atoms with E-state index in [0.29, 0.717) is 0 Å². The number of aldehydes is 1. The van der Waals surface area contributed by atoms with Gasteiger partial charge in [-0.25, -0.2) is 0 Å². The van der Waals surface area contributed by atoms with Gasteiger partial charge < -0.3 is 0 Å². The van der Waals surface area contributed by atoms with E-state index in [9.17, 15) is 4.79 Å². The molecule has 0 aliphatic rings. The van der Waals surface area contributed by atoms with Gasteiger partial charge in [-0.05, 0) is 12.0 Å². The number of aryl methyl sites for hydroxylation is 1. The van der Waals surface area contributed by atoms with E-state index in [0.717, 1.165) is 33.3 Å². The third-order valence-electron chi connectivity index (χ3n) is 2.34. The van der Waals surface area contributed by atoms with Crippen molar-refractivity contribution in [1.29, 1.82) is 0 Å². The predicted octanol–water partition coefficient (Wildman–Crippen LogP) is 3.56. The molecule has 0 fully saturated rings. The highest BCUT2D eigenvalue weighted by Gasteiger charge is 2.08. The topological polar surface area (TPSA) is 17.1 Å². The molecule has 14 heavy (non-hydrogen) atoms. The van der Waals surface area contributed by atoms with Crippen LogP contribution in [0.1, 0.15) is 22.8 Å². The quantitative estimate of drug-likeness (QED) is 0.607. The number of benzene rings is 1. The summed E-state index contributed by atoms with van der Waals surface area (Å²) in [7, 11) is 0. The minimum Gasteiger partial charge on any atom is -0.298 e. The molecule has 0 unspecified atom stereocenters. The summed E-state index contributed by atoms with van der Waals surface area (Å²) < 4.78 is 1.12. The Morgan fingerprint density at radius 1 is 1.50 bits per heavy atom. The Morgan fingerprint density at radius 2 is 2.29 bits per heavy atom. The average molecular weight is 222 g/mol. The van der Waals surface area contributed by atoms with Crippen LogP contribution < -0.4 is 0 Å². The van der Waals surface area contributed by atoms with Crippen LogP contribution in [-0.2, 0) is 6.42 Å². The molecule has 1 heterocycles. The van der Waals surface area contributed by atoms with Gasteiger partial charge in [-0.1, -0.05) is 19.1 Å². The molecule has 1 aromatic heterocycles. The number of rotatable bonds is 2. The second-order valence-corrected chi connectivity index (χ2v) is 4.44. The number of thiol groups is 1. The second kappa shape index (κ2) is 3.75. The van der Waals surface area contributed by atoms with E-state index in [1.54, 1.807) is 11.3 Å². The van der Waals surface area contributed by atoms with Gasteiger partial charge in [-0.15, -0.1) is 24.0 Å². The average Bonchev–Trinajstić information content (AvgIpc) is 2.62. The van der Waals surface area contributed by atoms with Crippen LogP contribution in [0.3, 0.4) is 0 Å². The first kappa shape index (κ1) is 9.74. The normalized spacial score (nSPS) is 10.7. The Labute approximate surface area is 92.2 Å². The molecule has 0 bridgehead atoms. The van der Waals surface area contributed by atoms with Gasteiger partial charge >= 0.3 is 0 Å². The molecule has 0 saturated heterocycles. The molecule has 0 atom stereocenters. The van der Waals surface area contributed by atoms with Crippen molar-refractivity contribution < 1.29 is 4.79 Å². The van der Waals surface area contributed by atoms with Gasteiger partial charge in [0, 0.05) is 25.9 Å². The zero-order valence-electron chi connectivity index (χ0n) is 7.78. The van der Waals surface area contributed by atoms with Crippen LogP contribution in [0.15, 0.2) is 22.4 Å². The first-order valence-corrected chi connectivity index (χ1v) is 5.77. The molecule has 2 rings (SSSR count). The predicted molar refractivity (Wildman–Crippen MR) is 63.8 cm³/mol. The van der Waals surface area contributed by atoms with E-state index in [4.69, 9.17) is 0 Å².